The van der Waals surface area contributed by atoms with Crippen LogP contribution in [0.4, 0.5) is 5.69 Å². The third-order valence-corrected chi connectivity index (χ3v) is 10.7. The average molecular weight is 794 g/mol. The number of benzene rings is 3. The number of hydrogen-bond donors (Lipinski definition) is 5. The van der Waals surface area contributed by atoms with Gasteiger partial charge in [-0.3, -0.25) is 23.7 Å². The van der Waals surface area contributed by atoms with Gasteiger partial charge in [0.05, 0.1) is 23.6 Å². The molecule has 16 nitrogen and oxygen atoms in total. The topological polar surface area (TPSA) is 232 Å². The largest absolute Gasteiger partial charge is 0.481 e. The van der Waals surface area contributed by atoms with Gasteiger partial charge in [-0.1, -0.05) is 11.1 Å². The van der Waals surface area contributed by atoms with E-state index in [1.165, 1.54) is 23.1 Å². The molecule has 3 aliphatic rings. The van der Waals surface area contributed by atoms with Gasteiger partial charge in [0.15, 0.2) is 0 Å². The Morgan fingerprint density at radius 1 is 1.02 bits per heavy atom. The number of carboxylic acids is 1. The zero-order valence-corrected chi connectivity index (χ0v) is 31.3. The van der Waals surface area contributed by atoms with Crippen molar-refractivity contribution in [1.29, 1.82) is 0 Å². The molecular weight excluding hydrogens is 755 g/mol. The summed E-state index contributed by atoms with van der Waals surface area (Å²) in [5.41, 5.74) is 2.78. The van der Waals surface area contributed by atoms with Crippen molar-refractivity contribution in [3.8, 4) is 22.5 Å². The highest BCUT2D eigenvalue weighted by Crippen LogP contribution is 2.45. The summed E-state index contributed by atoms with van der Waals surface area (Å²) in [6, 6.07) is 10.9. The number of anilines is 1. The molecule has 2 aromatic rings. The summed E-state index contributed by atoms with van der Waals surface area (Å²) in [5.74, 6) is -2.28. The van der Waals surface area contributed by atoms with Gasteiger partial charge in [0.25, 0.3) is 26.1 Å². The highest BCUT2D eigenvalue weighted by Gasteiger charge is 2.33. The van der Waals surface area contributed by atoms with Gasteiger partial charge in [-0.15, -0.1) is 4.33 Å². The third-order valence-electron chi connectivity index (χ3n) is 8.94. The van der Waals surface area contributed by atoms with Gasteiger partial charge in [0, 0.05) is 84.5 Å². The smallest absolute Gasteiger partial charge is 0.306 e. The zero-order chi connectivity index (χ0) is 38.5. The Hall–Kier alpha value is -4.08. The van der Waals surface area contributed by atoms with Crippen LogP contribution < -0.4 is 10.7 Å². The number of fused-ring (bicyclic) bond motifs is 2. The quantitative estimate of drug-likeness (QED) is 0.0209. The number of hydrogen-bond acceptors (Lipinski definition) is 13. The van der Waals surface area contributed by atoms with Crippen LogP contribution in [0.5, 0.6) is 0 Å². The predicted octanol–water partition coefficient (Wildman–Crippen LogP) is 4.71. The van der Waals surface area contributed by atoms with Crippen LogP contribution >= 0.6 is 12.9 Å². The van der Waals surface area contributed by atoms with Gasteiger partial charge in [0.1, 0.15) is 16.2 Å². The third kappa shape index (κ3) is 9.73. The van der Waals surface area contributed by atoms with Crippen LogP contribution in [0.3, 0.4) is 0 Å². The van der Waals surface area contributed by atoms with Gasteiger partial charge >= 0.3 is 5.97 Å². The van der Waals surface area contributed by atoms with Crippen LogP contribution in [0.25, 0.3) is 33.4 Å². The van der Waals surface area contributed by atoms with E-state index in [9.17, 15) is 36.1 Å². The second-order valence-corrected chi connectivity index (χ2v) is 15.7. The Morgan fingerprint density at radius 2 is 1.75 bits per heavy atom. The van der Waals surface area contributed by atoms with Crippen LogP contribution in [0.2, 0.25) is 0 Å². The number of carbonyl (C=O) groups is 2. The first-order valence-corrected chi connectivity index (χ1v) is 19.9. The molecule has 1 aliphatic carbocycles. The molecule has 2 aromatic carbocycles. The van der Waals surface area contributed by atoms with Crippen LogP contribution in [0.15, 0.2) is 56.8 Å². The molecule has 0 unspecified atom stereocenters. The van der Waals surface area contributed by atoms with Crippen LogP contribution in [0.1, 0.15) is 47.2 Å². The second kappa shape index (κ2) is 16.9. The first kappa shape index (κ1) is 40.1. The highest BCUT2D eigenvalue weighted by molar-refractivity contribution is 7.86. The van der Waals surface area contributed by atoms with Crippen molar-refractivity contribution in [3.05, 3.63) is 64.5 Å². The minimum atomic E-state index is -4.93. The molecule has 19 heteroatoms. The number of nitrogens with one attached hydrogen (secondary N) is 1. The van der Waals surface area contributed by atoms with E-state index in [-0.39, 0.29) is 73.5 Å². The van der Waals surface area contributed by atoms with E-state index in [1.807, 2.05) is 0 Å². The molecule has 2 aliphatic heterocycles. The molecule has 2 heterocycles. The number of carbonyl (C=O) groups excluding carboxylic acids is 1. The van der Waals surface area contributed by atoms with Gasteiger partial charge in [-0.25, -0.2) is 4.89 Å². The molecule has 286 valence electrons. The van der Waals surface area contributed by atoms with E-state index >= 15 is 0 Å². The molecule has 1 fully saturated rings. The number of rotatable bonds is 15. The summed E-state index contributed by atoms with van der Waals surface area (Å²) in [5, 5.41) is 17.9. The maximum atomic E-state index is 14.3. The fourth-order valence-corrected chi connectivity index (χ4v) is 7.63. The fourth-order valence-electron chi connectivity index (χ4n) is 6.36. The Bertz CT molecular complexity index is 2270. The highest BCUT2D eigenvalue weighted by atomic mass is 32.2. The first-order chi connectivity index (χ1) is 25.1. The molecule has 53 heavy (non-hydrogen) atoms. The lowest BCUT2D eigenvalue weighted by atomic mass is 9.88. The number of piperidine rings is 1. The van der Waals surface area contributed by atoms with E-state index in [0.29, 0.717) is 46.1 Å². The summed E-state index contributed by atoms with van der Waals surface area (Å²) in [7, 11) is -9.09. The summed E-state index contributed by atoms with van der Waals surface area (Å²) >= 11 is 3.43. The maximum Gasteiger partial charge on any atom is 0.306 e. The lowest BCUT2D eigenvalue weighted by Gasteiger charge is -2.31. The summed E-state index contributed by atoms with van der Waals surface area (Å²) in [4.78, 5) is 36.2. The fraction of sp³-hybridized carbons (Fsp3) is 0.382. The molecule has 0 spiro atoms. The molecule has 5 rings (SSSR count). The molecule has 0 bridgehead atoms. The van der Waals surface area contributed by atoms with Crippen LogP contribution in [-0.4, -0.2) is 86.4 Å². The van der Waals surface area contributed by atoms with E-state index < -0.39 is 48.7 Å². The van der Waals surface area contributed by atoms with E-state index in [4.69, 9.17) is 13.9 Å². The summed E-state index contributed by atoms with van der Waals surface area (Å²) in [6.45, 7) is 4.51. The van der Waals surface area contributed by atoms with Crippen molar-refractivity contribution in [3.63, 3.8) is 0 Å². The standard InChI is InChI=1S/C34H39N3O13S3/c1-20-16-24-28(18-26(20)35-10-4-14-47-49-50-51)48-29-19-27(36-11-5-15-52(41,42)43)21(2)17-25(29)31(24)32-23(6-3-7-30(32)53(44,45)46)33(38)37-12-8-22(9-13-37)34(39)40/h3,6-7,16-19,22,36,51H,4-5,8-15H2,1-2H3,(H,39,40)(H,41,42,43)(H,44,45,46). The van der Waals surface area contributed by atoms with Crippen molar-refractivity contribution in [2.75, 3.05) is 43.9 Å². The average Bonchev–Trinajstić information content (AvgIpc) is 3.10. The Balaban J connectivity index is 1.73. The Labute approximate surface area is 311 Å². The number of aryl methyl sites for hydroxylation is 2. The summed E-state index contributed by atoms with van der Waals surface area (Å²) in [6.07, 6.45) is 1.00. The Morgan fingerprint density at radius 3 is 2.42 bits per heavy atom. The van der Waals surface area contributed by atoms with Crippen molar-refractivity contribution in [2.24, 2.45) is 10.9 Å². The molecular formula is C34H39N3O13S3. The molecule has 0 atom stereocenters. The monoisotopic (exact) mass is 793 g/mol. The number of likely N-dealkylation sites (tertiary alicyclic amines) is 1. The van der Waals surface area contributed by atoms with Crippen LogP contribution in [0, 0.1) is 19.8 Å². The molecule has 0 aromatic heterocycles. The van der Waals surface area contributed by atoms with Crippen molar-refractivity contribution in [2.45, 2.75) is 44.4 Å². The number of carboxylic acid groups (broad SMARTS) is 1. The molecule has 4 N–H and O–H groups in total. The SMILES string of the molecule is Cc1cc2c(-c3c(C(=O)N4CCC(C(=O)O)CC4)cccc3S(=O)(=O)O)c3cc(C)c(=NCCCOOOS)cc-3oc2cc1NCCCS(=O)(=O)O. The van der Waals surface area contributed by atoms with Crippen molar-refractivity contribution >= 4 is 61.7 Å². The number of aliphatic carboxylic acids is 1. The molecule has 0 radical (unpaired) electrons. The number of amides is 1. The van der Waals surface area contributed by atoms with Gasteiger partial charge in [-0.05, 0) is 74.9 Å². The van der Waals surface area contributed by atoms with Crippen molar-refractivity contribution < 1.29 is 59.3 Å². The minimum absolute atomic E-state index is 0.0217. The zero-order valence-electron chi connectivity index (χ0n) is 28.8. The van der Waals surface area contributed by atoms with E-state index in [0.717, 1.165) is 0 Å². The number of nitrogens with zero attached hydrogens (tertiary/aromatic N) is 2. The van der Waals surface area contributed by atoms with Crippen LogP contribution in [-0.2, 0) is 39.3 Å². The summed E-state index contributed by atoms with van der Waals surface area (Å²) < 4.78 is 78.9. The first-order valence-electron chi connectivity index (χ1n) is 16.5. The maximum absolute atomic E-state index is 14.3. The van der Waals surface area contributed by atoms with Gasteiger partial charge in [0.2, 0.25) is 0 Å². The second-order valence-electron chi connectivity index (χ2n) is 12.6. The van der Waals surface area contributed by atoms with Gasteiger partial charge < -0.3 is 19.7 Å². The predicted molar refractivity (Wildman–Crippen MR) is 196 cm³/mol. The number of thiol groups is 1. The molecule has 1 amide bonds. The lowest BCUT2D eigenvalue weighted by molar-refractivity contribution is -0.458. The molecule has 0 saturated carbocycles. The van der Waals surface area contributed by atoms with E-state index in [1.54, 1.807) is 38.1 Å². The van der Waals surface area contributed by atoms with E-state index in [2.05, 4.69) is 32.6 Å². The molecule has 1 saturated heterocycles. The normalized spacial score (nSPS) is 14.7. The lowest BCUT2D eigenvalue weighted by Crippen LogP contribution is -2.40. The Kier molecular flexibility index (Phi) is 12.8. The minimum Gasteiger partial charge on any atom is -0.481 e. The van der Waals surface area contributed by atoms with Crippen molar-refractivity contribution in [1.82, 2.24) is 4.90 Å². The van der Waals surface area contributed by atoms with Gasteiger partial charge in [-0.2, -0.15) is 16.8 Å².